The average Bonchev–Trinajstić information content (AvgIpc) is 3.15. The number of carbonyl (C=O) groups excluding carboxylic acids is 3. The Balaban J connectivity index is 1.45. The van der Waals surface area contributed by atoms with Gasteiger partial charge in [0, 0.05) is 6.54 Å². The molecular weight excluding hydrogens is 356 g/mol. The first-order valence-electron chi connectivity index (χ1n) is 8.55. The van der Waals surface area contributed by atoms with Gasteiger partial charge < -0.3 is 20.1 Å². The zero-order valence-electron chi connectivity index (χ0n) is 14.7. The van der Waals surface area contributed by atoms with Crippen molar-refractivity contribution in [3.8, 4) is 11.5 Å². The van der Waals surface area contributed by atoms with E-state index in [0.29, 0.717) is 30.4 Å². The normalized spacial score (nSPS) is 21.2. The Morgan fingerprint density at radius 3 is 2.85 bits per heavy atom. The second-order valence-corrected chi connectivity index (χ2v) is 7.84. The number of thioether (sulfide) groups is 1. The van der Waals surface area contributed by atoms with Gasteiger partial charge in [-0.1, -0.05) is 19.9 Å². The maximum absolute atomic E-state index is 12.3. The highest BCUT2D eigenvalue weighted by atomic mass is 32.2. The van der Waals surface area contributed by atoms with Gasteiger partial charge in [0.25, 0.3) is 0 Å². The Bertz CT molecular complexity index is 722. The summed E-state index contributed by atoms with van der Waals surface area (Å²) < 4.78 is 10.5. The molecule has 8 heteroatoms. The predicted octanol–water partition coefficient (Wildman–Crippen LogP) is 1.25. The van der Waals surface area contributed by atoms with Crippen molar-refractivity contribution in [2.45, 2.75) is 38.1 Å². The summed E-state index contributed by atoms with van der Waals surface area (Å²) in [5, 5.41) is 4.72. The number of nitrogens with one attached hydrogen (secondary N) is 2. The number of amides is 2. The summed E-state index contributed by atoms with van der Waals surface area (Å²) in [5.41, 5.74) is 0.888. The lowest BCUT2D eigenvalue weighted by atomic mass is 10.0. The highest BCUT2D eigenvalue weighted by Crippen LogP contribution is 2.32. The second-order valence-electron chi connectivity index (χ2n) is 6.75. The van der Waals surface area contributed by atoms with Gasteiger partial charge in [0.1, 0.15) is 5.25 Å². The van der Waals surface area contributed by atoms with Gasteiger partial charge in [-0.05, 0) is 30.0 Å². The van der Waals surface area contributed by atoms with E-state index in [2.05, 4.69) is 10.6 Å². The van der Waals surface area contributed by atoms with Crippen LogP contribution in [0.1, 0.15) is 25.8 Å². The molecule has 1 aromatic rings. The molecule has 0 saturated carbocycles. The standard InChI is InChI=1S/C18H22N2O5S/c1-10(2)5-12-16(22)17(18(23)20-12)26-8-15(21)19-7-11-3-4-13-14(6-11)25-9-24-13/h3-4,6,10,12,17H,5,7-9H2,1-2H3,(H,19,21)(H,20,23). The lowest BCUT2D eigenvalue weighted by Crippen LogP contribution is -2.30. The van der Waals surface area contributed by atoms with Crippen LogP contribution < -0.4 is 20.1 Å². The van der Waals surface area contributed by atoms with E-state index < -0.39 is 11.3 Å². The summed E-state index contributed by atoms with van der Waals surface area (Å²) in [4.78, 5) is 36.3. The molecule has 0 aliphatic carbocycles. The molecular formula is C18H22N2O5S. The first-order valence-corrected chi connectivity index (χ1v) is 9.60. The SMILES string of the molecule is CC(C)CC1NC(=O)C(SCC(=O)NCc2ccc3c(c2)OCO3)C1=O. The van der Waals surface area contributed by atoms with Crippen molar-refractivity contribution >= 4 is 29.4 Å². The van der Waals surface area contributed by atoms with Crippen molar-refractivity contribution in [1.29, 1.82) is 0 Å². The fraction of sp³-hybridized carbons (Fsp3) is 0.500. The Hall–Kier alpha value is -2.22. The third-order valence-electron chi connectivity index (χ3n) is 4.17. The number of hydrogen-bond donors (Lipinski definition) is 2. The summed E-state index contributed by atoms with van der Waals surface area (Å²) in [6.07, 6.45) is 0.623. The lowest BCUT2D eigenvalue weighted by molar-refractivity contribution is -0.121. The molecule has 0 bridgehead atoms. The summed E-state index contributed by atoms with van der Waals surface area (Å²) in [6.45, 7) is 4.56. The zero-order chi connectivity index (χ0) is 18.7. The molecule has 2 unspecified atom stereocenters. The minimum absolute atomic E-state index is 0.0583. The molecule has 3 rings (SSSR count). The van der Waals surface area contributed by atoms with Crippen molar-refractivity contribution in [2.24, 2.45) is 5.92 Å². The molecule has 1 fully saturated rings. The van der Waals surface area contributed by atoms with Crippen molar-refractivity contribution in [2.75, 3.05) is 12.5 Å². The fourth-order valence-corrected chi connectivity index (χ4v) is 3.86. The first-order chi connectivity index (χ1) is 12.4. The van der Waals surface area contributed by atoms with Gasteiger partial charge in [-0.2, -0.15) is 0 Å². The van der Waals surface area contributed by atoms with Crippen LogP contribution in [0, 0.1) is 5.92 Å². The third kappa shape index (κ3) is 4.30. The highest BCUT2D eigenvalue weighted by molar-refractivity contribution is 8.02. The maximum Gasteiger partial charge on any atom is 0.241 e. The van der Waals surface area contributed by atoms with Crippen LogP contribution in [0.15, 0.2) is 18.2 Å². The summed E-state index contributed by atoms with van der Waals surface area (Å²) in [6, 6.07) is 5.04. The summed E-state index contributed by atoms with van der Waals surface area (Å²) >= 11 is 1.08. The van der Waals surface area contributed by atoms with Crippen LogP contribution in [0.25, 0.3) is 0 Å². The monoisotopic (exact) mass is 378 g/mol. The van der Waals surface area contributed by atoms with Crippen LogP contribution in [0.3, 0.4) is 0 Å². The van der Waals surface area contributed by atoms with Crippen LogP contribution in [0.5, 0.6) is 11.5 Å². The van der Waals surface area contributed by atoms with E-state index in [-0.39, 0.29) is 30.1 Å². The molecule has 0 radical (unpaired) electrons. The second kappa shape index (κ2) is 7.99. The number of rotatable bonds is 7. The number of hydrogen-bond acceptors (Lipinski definition) is 6. The number of Topliss-reactive ketones (excluding diaryl/α,β-unsaturated/α-hetero) is 1. The van der Waals surface area contributed by atoms with E-state index in [1.54, 1.807) is 6.07 Å². The van der Waals surface area contributed by atoms with Gasteiger partial charge in [0.2, 0.25) is 18.6 Å². The van der Waals surface area contributed by atoms with Crippen molar-refractivity contribution in [3.63, 3.8) is 0 Å². The van der Waals surface area contributed by atoms with Crippen LogP contribution in [0.4, 0.5) is 0 Å². The number of ether oxygens (including phenoxy) is 2. The van der Waals surface area contributed by atoms with E-state index in [9.17, 15) is 14.4 Å². The maximum atomic E-state index is 12.3. The van der Waals surface area contributed by atoms with Crippen LogP contribution >= 0.6 is 11.8 Å². The third-order valence-corrected chi connectivity index (χ3v) is 5.38. The molecule has 0 spiro atoms. The molecule has 1 saturated heterocycles. The Morgan fingerprint density at radius 2 is 2.08 bits per heavy atom. The van der Waals surface area contributed by atoms with Crippen LogP contribution in [0.2, 0.25) is 0 Å². The largest absolute Gasteiger partial charge is 0.454 e. The zero-order valence-corrected chi connectivity index (χ0v) is 15.6. The molecule has 2 N–H and O–H groups in total. The molecule has 2 heterocycles. The average molecular weight is 378 g/mol. The van der Waals surface area contributed by atoms with Gasteiger partial charge in [0.15, 0.2) is 17.3 Å². The number of carbonyl (C=O) groups is 3. The van der Waals surface area contributed by atoms with Gasteiger partial charge >= 0.3 is 0 Å². The Labute approximate surface area is 156 Å². The minimum Gasteiger partial charge on any atom is -0.454 e. The molecule has 2 atom stereocenters. The molecule has 2 amide bonds. The minimum atomic E-state index is -0.796. The van der Waals surface area contributed by atoms with Gasteiger partial charge in [-0.15, -0.1) is 11.8 Å². The van der Waals surface area contributed by atoms with E-state index in [0.717, 1.165) is 17.3 Å². The van der Waals surface area contributed by atoms with Gasteiger partial charge in [-0.3, -0.25) is 14.4 Å². The Kier molecular flexibility index (Phi) is 5.70. The molecule has 7 nitrogen and oxygen atoms in total. The first kappa shape index (κ1) is 18.6. The van der Waals surface area contributed by atoms with E-state index in [1.807, 2.05) is 26.0 Å². The van der Waals surface area contributed by atoms with E-state index in [1.165, 1.54) is 0 Å². The molecule has 1 aromatic carbocycles. The number of fused-ring (bicyclic) bond motifs is 1. The molecule has 2 aliphatic rings. The quantitative estimate of drug-likeness (QED) is 0.694. The van der Waals surface area contributed by atoms with Crippen molar-refractivity contribution in [1.82, 2.24) is 10.6 Å². The van der Waals surface area contributed by atoms with E-state index >= 15 is 0 Å². The summed E-state index contributed by atoms with van der Waals surface area (Å²) in [7, 11) is 0. The van der Waals surface area contributed by atoms with Crippen molar-refractivity contribution < 1.29 is 23.9 Å². The molecule has 2 aliphatic heterocycles. The van der Waals surface area contributed by atoms with Crippen LogP contribution in [-0.4, -0.2) is 41.4 Å². The smallest absolute Gasteiger partial charge is 0.241 e. The van der Waals surface area contributed by atoms with Crippen LogP contribution in [-0.2, 0) is 20.9 Å². The number of ketones is 1. The lowest BCUT2D eigenvalue weighted by Gasteiger charge is -2.11. The Morgan fingerprint density at radius 1 is 1.31 bits per heavy atom. The van der Waals surface area contributed by atoms with Gasteiger partial charge in [-0.25, -0.2) is 0 Å². The molecule has 0 aromatic heterocycles. The van der Waals surface area contributed by atoms with Crippen molar-refractivity contribution in [3.05, 3.63) is 23.8 Å². The number of benzene rings is 1. The summed E-state index contributed by atoms with van der Waals surface area (Å²) in [5.74, 6) is 1.08. The molecule has 26 heavy (non-hydrogen) atoms. The highest BCUT2D eigenvalue weighted by Gasteiger charge is 2.41. The predicted molar refractivity (Wildman–Crippen MR) is 97.1 cm³/mol. The van der Waals surface area contributed by atoms with Gasteiger partial charge in [0.05, 0.1) is 11.8 Å². The van der Waals surface area contributed by atoms with E-state index in [4.69, 9.17) is 9.47 Å². The fourth-order valence-electron chi connectivity index (χ4n) is 2.90. The molecule has 140 valence electrons. The topological polar surface area (TPSA) is 93.7 Å².